The maximum atomic E-state index is 13.1. The lowest BCUT2D eigenvalue weighted by Crippen LogP contribution is -2.51. The zero-order valence-electron chi connectivity index (χ0n) is 16.4. The van der Waals surface area contributed by atoms with Gasteiger partial charge < -0.3 is 15.5 Å². The standard InChI is InChI=1S/C20H19Cl2FN2O6S/c21-12-6-13(22)8-16(7-12)32(30,31)25-10-15(26)9-18(25)19(27)24-17(20(28)29)5-11-1-3-14(23)4-2-11/h1-4,6-8,15,17-18,26H,5,9-10H2,(H,24,27)(H,28,29)/t15-,17?,18?/m1/s1. The molecular weight excluding hydrogens is 486 g/mol. The highest BCUT2D eigenvalue weighted by Crippen LogP contribution is 2.30. The SMILES string of the molecule is O=C(O)C(Cc1ccc(F)cc1)NC(=O)C1C[C@@H](O)CN1S(=O)(=O)c1cc(Cl)cc(Cl)c1. The van der Waals surface area contributed by atoms with Crippen molar-refractivity contribution in [3.63, 3.8) is 0 Å². The van der Waals surface area contributed by atoms with Gasteiger partial charge >= 0.3 is 5.97 Å². The number of carbonyl (C=O) groups is 2. The van der Waals surface area contributed by atoms with Gasteiger partial charge in [-0.25, -0.2) is 17.6 Å². The molecule has 0 saturated carbocycles. The highest BCUT2D eigenvalue weighted by atomic mass is 35.5. The average Bonchev–Trinajstić information content (AvgIpc) is 3.11. The van der Waals surface area contributed by atoms with Crippen molar-refractivity contribution in [2.24, 2.45) is 0 Å². The van der Waals surface area contributed by atoms with Crippen LogP contribution in [-0.4, -0.2) is 59.5 Å². The van der Waals surface area contributed by atoms with Crippen LogP contribution in [0.25, 0.3) is 0 Å². The zero-order valence-corrected chi connectivity index (χ0v) is 18.7. The van der Waals surface area contributed by atoms with E-state index in [2.05, 4.69) is 5.32 Å². The fraction of sp³-hybridized carbons (Fsp3) is 0.300. The van der Waals surface area contributed by atoms with E-state index in [0.717, 1.165) is 28.6 Å². The van der Waals surface area contributed by atoms with Crippen LogP contribution in [0.2, 0.25) is 10.0 Å². The third-order valence-corrected chi connectivity index (χ3v) is 7.24. The Morgan fingerprint density at radius 1 is 1.16 bits per heavy atom. The lowest BCUT2D eigenvalue weighted by atomic mass is 10.1. The lowest BCUT2D eigenvalue weighted by molar-refractivity contribution is -0.142. The maximum Gasteiger partial charge on any atom is 0.326 e. The number of aliphatic hydroxyl groups is 1. The summed E-state index contributed by atoms with van der Waals surface area (Å²) in [5.41, 5.74) is 0.462. The molecule has 2 aromatic rings. The second kappa shape index (κ2) is 9.72. The van der Waals surface area contributed by atoms with Crippen LogP contribution >= 0.6 is 23.2 Å². The molecule has 1 aliphatic rings. The summed E-state index contributed by atoms with van der Waals surface area (Å²) in [6.07, 6.45) is -1.49. The van der Waals surface area contributed by atoms with Crippen LogP contribution in [0, 0.1) is 5.82 Å². The number of halogens is 3. The number of aliphatic carboxylic acids is 1. The number of hydrogen-bond donors (Lipinski definition) is 3. The first-order valence-corrected chi connectivity index (χ1v) is 11.6. The molecule has 1 aliphatic heterocycles. The molecule has 0 aliphatic carbocycles. The van der Waals surface area contributed by atoms with E-state index in [1.807, 2.05) is 0 Å². The topological polar surface area (TPSA) is 124 Å². The van der Waals surface area contributed by atoms with Crippen molar-refractivity contribution in [2.75, 3.05) is 6.54 Å². The summed E-state index contributed by atoms with van der Waals surface area (Å²) in [5.74, 6) is -2.73. The number of β-amino-alcohol motifs (C(OH)–C–C–N with tert-alkyl or cyclic N) is 1. The molecule has 0 aromatic heterocycles. The minimum atomic E-state index is -4.28. The van der Waals surface area contributed by atoms with E-state index in [1.165, 1.54) is 18.2 Å². The Kier molecular flexibility index (Phi) is 7.41. The first-order valence-electron chi connectivity index (χ1n) is 9.41. The molecule has 12 heteroatoms. The first kappa shape index (κ1) is 24.4. The molecule has 172 valence electrons. The van der Waals surface area contributed by atoms with Gasteiger partial charge in [0.1, 0.15) is 17.9 Å². The van der Waals surface area contributed by atoms with Gasteiger partial charge in [0.15, 0.2) is 0 Å². The minimum Gasteiger partial charge on any atom is -0.480 e. The third-order valence-electron chi connectivity index (χ3n) is 4.95. The number of carbonyl (C=O) groups excluding carboxylic acids is 1. The molecule has 1 amide bonds. The zero-order chi connectivity index (χ0) is 23.6. The molecule has 0 spiro atoms. The number of amides is 1. The first-order chi connectivity index (χ1) is 15.0. The largest absolute Gasteiger partial charge is 0.480 e. The van der Waals surface area contributed by atoms with Crippen LogP contribution in [0.5, 0.6) is 0 Å². The predicted molar refractivity (Wildman–Crippen MR) is 114 cm³/mol. The van der Waals surface area contributed by atoms with E-state index >= 15 is 0 Å². The van der Waals surface area contributed by atoms with Crippen molar-refractivity contribution in [3.8, 4) is 0 Å². The number of aliphatic hydroxyl groups excluding tert-OH is 1. The number of carboxylic acids is 1. The lowest BCUT2D eigenvalue weighted by Gasteiger charge is -2.25. The van der Waals surface area contributed by atoms with Crippen molar-refractivity contribution in [3.05, 3.63) is 63.9 Å². The van der Waals surface area contributed by atoms with Crippen LogP contribution in [0.1, 0.15) is 12.0 Å². The monoisotopic (exact) mass is 504 g/mol. The van der Waals surface area contributed by atoms with Crippen molar-refractivity contribution in [1.82, 2.24) is 9.62 Å². The van der Waals surface area contributed by atoms with Gasteiger partial charge in [0.25, 0.3) is 0 Å². The van der Waals surface area contributed by atoms with Crippen LogP contribution < -0.4 is 5.32 Å². The van der Waals surface area contributed by atoms with Gasteiger partial charge in [0, 0.05) is 29.4 Å². The highest BCUT2D eigenvalue weighted by Gasteiger charge is 2.44. The molecule has 8 nitrogen and oxygen atoms in total. The summed E-state index contributed by atoms with van der Waals surface area (Å²) in [6.45, 7) is -0.361. The number of nitrogens with one attached hydrogen (secondary N) is 1. The molecule has 2 aromatic carbocycles. The van der Waals surface area contributed by atoms with Gasteiger partial charge in [-0.3, -0.25) is 4.79 Å². The van der Waals surface area contributed by atoms with Gasteiger partial charge in [-0.05, 0) is 35.9 Å². The quantitative estimate of drug-likeness (QED) is 0.530. The van der Waals surface area contributed by atoms with Crippen molar-refractivity contribution < 1.29 is 32.6 Å². The molecule has 1 fully saturated rings. The third kappa shape index (κ3) is 5.57. The number of benzene rings is 2. The average molecular weight is 505 g/mol. The summed E-state index contributed by atoms with van der Waals surface area (Å²) in [4.78, 5) is 24.3. The van der Waals surface area contributed by atoms with Crippen molar-refractivity contribution in [1.29, 1.82) is 0 Å². The van der Waals surface area contributed by atoms with Crippen LogP contribution in [0.3, 0.4) is 0 Å². The Morgan fingerprint density at radius 2 is 1.75 bits per heavy atom. The highest BCUT2D eigenvalue weighted by molar-refractivity contribution is 7.89. The Labute approximate surface area is 193 Å². The van der Waals surface area contributed by atoms with Crippen molar-refractivity contribution in [2.45, 2.75) is 35.9 Å². The number of carboxylic acid groups (broad SMARTS) is 1. The Hall–Kier alpha value is -2.24. The van der Waals surface area contributed by atoms with E-state index in [0.29, 0.717) is 5.56 Å². The summed E-state index contributed by atoms with van der Waals surface area (Å²) in [6, 6.07) is 6.03. The second-order valence-electron chi connectivity index (χ2n) is 7.32. The molecule has 1 heterocycles. The summed E-state index contributed by atoms with van der Waals surface area (Å²) in [5, 5.41) is 22.0. The van der Waals surface area contributed by atoms with Gasteiger partial charge in [-0.15, -0.1) is 0 Å². The number of rotatable bonds is 7. The maximum absolute atomic E-state index is 13.1. The predicted octanol–water partition coefficient (Wildman–Crippen LogP) is 2.07. The van der Waals surface area contributed by atoms with Gasteiger partial charge in [-0.1, -0.05) is 35.3 Å². The van der Waals surface area contributed by atoms with E-state index in [-0.39, 0.29) is 34.3 Å². The van der Waals surface area contributed by atoms with E-state index < -0.39 is 45.9 Å². The molecule has 3 N–H and O–H groups in total. The normalized spacial score (nSPS) is 20.1. The second-order valence-corrected chi connectivity index (χ2v) is 10.1. The summed E-state index contributed by atoms with van der Waals surface area (Å²) >= 11 is 11.8. The van der Waals surface area contributed by atoms with E-state index in [1.54, 1.807) is 0 Å². The Bertz CT molecular complexity index is 1110. The smallest absolute Gasteiger partial charge is 0.326 e. The van der Waals surface area contributed by atoms with E-state index in [9.17, 15) is 32.6 Å². The Balaban J connectivity index is 1.83. The number of nitrogens with zero attached hydrogens (tertiary/aromatic N) is 1. The molecule has 0 bridgehead atoms. The Morgan fingerprint density at radius 3 is 2.31 bits per heavy atom. The summed E-state index contributed by atoms with van der Waals surface area (Å²) in [7, 11) is -4.28. The van der Waals surface area contributed by atoms with Crippen molar-refractivity contribution >= 4 is 45.1 Å². The van der Waals surface area contributed by atoms with Gasteiger partial charge in [0.2, 0.25) is 15.9 Å². The fourth-order valence-electron chi connectivity index (χ4n) is 3.43. The number of sulfonamides is 1. The molecule has 32 heavy (non-hydrogen) atoms. The van der Waals surface area contributed by atoms with E-state index in [4.69, 9.17) is 23.2 Å². The van der Waals surface area contributed by atoms with Crippen LogP contribution in [0.4, 0.5) is 4.39 Å². The molecule has 1 saturated heterocycles. The van der Waals surface area contributed by atoms with Gasteiger partial charge in [0.05, 0.1) is 11.0 Å². The fourth-order valence-corrected chi connectivity index (χ4v) is 5.79. The van der Waals surface area contributed by atoms with Gasteiger partial charge in [-0.2, -0.15) is 4.31 Å². The van der Waals surface area contributed by atoms with Crippen LogP contribution in [-0.2, 0) is 26.0 Å². The summed E-state index contributed by atoms with van der Waals surface area (Å²) < 4.78 is 40.1. The number of hydrogen-bond acceptors (Lipinski definition) is 5. The molecular formula is C20H19Cl2FN2O6S. The molecule has 3 rings (SSSR count). The molecule has 3 atom stereocenters. The molecule has 0 radical (unpaired) electrons. The minimum absolute atomic E-state index is 0.0714. The van der Waals surface area contributed by atoms with Crippen LogP contribution in [0.15, 0.2) is 47.4 Å². The molecule has 2 unspecified atom stereocenters.